The number of hydrogen-bond acceptors (Lipinski definition) is 4. The summed E-state index contributed by atoms with van der Waals surface area (Å²) in [5, 5.41) is 3.12. The van der Waals surface area contributed by atoms with Gasteiger partial charge in [-0.05, 0) is 36.5 Å². The Labute approximate surface area is 138 Å². The number of carbonyl (C=O) groups excluding carboxylic acids is 1. The van der Waals surface area contributed by atoms with Crippen LogP contribution in [-0.4, -0.2) is 32.8 Å². The van der Waals surface area contributed by atoms with Crippen LogP contribution < -0.4 is 15.8 Å². The summed E-state index contributed by atoms with van der Waals surface area (Å²) >= 11 is 0. The van der Waals surface area contributed by atoms with Crippen molar-refractivity contribution < 1.29 is 14.3 Å². The Hall–Kier alpha value is -1.30. The first-order valence-corrected chi connectivity index (χ1v) is 7.34. The number of benzene rings is 1. The molecule has 0 radical (unpaired) electrons. The van der Waals surface area contributed by atoms with E-state index in [1.165, 1.54) is 0 Å². The SMILES string of the molecule is COc1ccc(C(NC(=O)CC(CN)OC)C2CC2)cc1.Cl. The molecule has 0 aromatic heterocycles. The van der Waals surface area contributed by atoms with Crippen LogP contribution in [0, 0.1) is 5.92 Å². The van der Waals surface area contributed by atoms with E-state index in [-0.39, 0.29) is 30.5 Å². The molecule has 124 valence electrons. The number of ether oxygens (including phenoxy) is 2. The summed E-state index contributed by atoms with van der Waals surface area (Å²) in [6, 6.07) is 7.94. The van der Waals surface area contributed by atoms with Crippen molar-refractivity contribution in [1.82, 2.24) is 5.32 Å². The molecule has 1 aromatic carbocycles. The van der Waals surface area contributed by atoms with Crippen molar-refractivity contribution in [3.05, 3.63) is 29.8 Å². The quantitative estimate of drug-likeness (QED) is 0.766. The molecule has 1 aliphatic carbocycles. The molecule has 2 rings (SSSR count). The number of nitrogens with one attached hydrogen (secondary N) is 1. The normalized spacial score (nSPS) is 16.3. The second-order valence-electron chi connectivity index (χ2n) is 5.45. The van der Waals surface area contributed by atoms with Gasteiger partial charge in [-0.3, -0.25) is 4.79 Å². The van der Waals surface area contributed by atoms with Crippen molar-refractivity contribution in [1.29, 1.82) is 0 Å². The second-order valence-corrected chi connectivity index (χ2v) is 5.45. The third kappa shape index (κ3) is 5.16. The molecule has 0 spiro atoms. The third-order valence-corrected chi connectivity index (χ3v) is 3.89. The standard InChI is InChI=1S/C16H24N2O3.ClH/c1-20-13-7-5-12(6-8-13)16(11-3-4-11)18-15(19)9-14(10-17)21-2;/h5-8,11,14,16H,3-4,9-10,17H2,1-2H3,(H,18,19);1H. The van der Waals surface area contributed by atoms with Crippen LogP contribution in [0.1, 0.15) is 30.9 Å². The average molecular weight is 329 g/mol. The number of amides is 1. The monoisotopic (exact) mass is 328 g/mol. The summed E-state index contributed by atoms with van der Waals surface area (Å²) in [4.78, 5) is 12.1. The van der Waals surface area contributed by atoms with Crippen molar-refractivity contribution in [3.63, 3.8) is 0 Å². The van der Waals surface area contributed by atoms with Gasteiger partial charge in [-0.25, -0.2) is 0 Å². The maximum atomic E-state index is 12.1. The van der Waals surface area contributed by atoms with E-state index in [2.05, 4.69) is 5.32 Å². The van der Waals surface area contributed by atoms with Crippen LogP contribution in [0.4, 0.5) is 0 Å². The first kappa shape index (κ1) is 18.7. The van der Waals surface area contributed by atoms with E-state index < -0.39 is 0 Å². The molecule has 0 bridgehead atoms. The van der Waals surface area contributed by atoms with E-state index >= 15 is 0 Å². The van der Waals surface area contributed by atoms with Crippen molar-refractivity contribution >= 4 is 18.3 Å². The van der Waals surface area contributed by atoms with E-state index in [0.717, 1.165) is 24.2 Å². The predicted molar refractivity (Wildman–Crippen MR) is 88.3 cm³/mol. The Balaban J connectivity index is 0.00000242. The molecule has 5 nitrogen and oxygen atoms in total. The summed E-state index contributed by atoms with van der Waals surface area (Å²) in [5.74, 6) is 1.34. The fourth-order valence-electron chi connectivity index (χ4n) is 2.42. The van der Waals surface area contributed by atoms with E-state index in [0.29, 0.717) is 18.9 Å². The van der Waals surface area contributed by atoms with Gasteiger partial charge in [-0.15, -0.1) is 12.4 Å². The highest BCUT2D eigenvalue weighted by Gasteiger charge is 2.33. The van der Waals surface area contributed by atoms with Crippen LogP contribution in [0.15, 0.2) is 24.3 Å². The van der Waals surface area contributed by atoms with E-state index in [1.54, 1.807) is 14.2 Å². The Morgan fingerprint density at radius 1 is 1.32 bits per heavy atom. The van der Waals surface area contributed by atoms with E-state index in [9.17, 15) is 4.79 Å². The molecular weight excluding hydrogens is 304 g/mol. The van der Waals surface area contributed by atoms with Crippen LogP contribution in [0.2, 0.25) is 0 Å². The molecule has 1 fully saturated rings. The highest BCUT2D eigenvalue weighted by atomic mass is 35.5. The minimum absolute atomic E-state index is 0. The molecule has 1 aromatic rings. The van der Waals surface area contributed by atoms with E-state index in [4.69, 9.17) is 15.2 Å². The van der Waals surface area contributed by atoms with Gasteiger partial charge in [-0.2, -0.15) is 0 Å². The molecule has 0 heterocycles. The summed E-state index contributed by atoms with van der Waals surface area (Å²) < 4.78 is 10.3. The molecular formula is C16H25ClN2O3. The molecule has 0 aliphatic heterocycles. The number of methoxy groups -OCH3 is 2. The lowest BCUT2D eigenvalue weighted by Crippen LogP contribution is -2.35. The highest BCUT2D eigenvalue weighted by Crippen LogP contribution is 2.41. The number of carbonyl (C=O) groups is 1. The van der Waals surface area contributed by atoms with Gasteiger partial charge in [0.2, 0.25) is 5.91 Å². The van der Waals surface area contributed by atoms with Gasteiger partial charge >= 0.3 is 0 Å². The minimum atomic E-state index is -0.222. The van der Waals surface area contributed by atoms with Gasteiger partial charge in [0, 0.05) is 13.7 Å². The largest absolute Gasteiger partial charge is 0.497 e. The Kier molecular flexibility index (Phi) is 7.65. The summed E-state index contributed by atoms with van der Waals surface area (Å²) in [6.45, 7) is 0.348. The molecule has 22 heavy (non-hydrogen) atoms. The van der Waals surface area contributed by atoms with Crippen LogP contribution >= 0.6 is 12.4 Å². The lowest BCUT2D eigenvalue weighted by Gasteiger charge is -2.21. The zero-order chi connectivity index (χ0) is 15.2. The number of hydrogen-bond donors (Lipinski definition) is 2. The smallest absolute Gasteiger partial charge is 0.223 e. The lowest BCUT2D eigenvalue weighted by atomic mass is 10.0. The zero-order valence-electron chi connectivity index (χ0n) is 13.1. The van der Waals surface area contributed by atoms with Crippen LogP contribution in [0.5, 0.6) is 5.75 Å². The maximum absolute atomic E-state index is 12.1. The van der Waals surface area contributed by atoms with Gasteiger partial charge < -0.3 is 20.5 Å². The van der Waals surface area contributed by atoms with Crippen LogP contribution in [-0.2, 0) is 9.53 Å². The van der Waals surface area contributed by atoms with Crippen LogP contribution in [0.25, 0.3) is 0 Å². The minimum Gasteiger partial charge on any atom is -0.497 e. The average Bonchev–Trinajstić information content (AvgIpc) is 3.35. The third-order valence-electron chi connectivity index (χ3n) is 3.89. The molecule has 3 N–H and O–H groups in total. The molecule has 1 aliphatic rings. The predicted octanol–water partition coefficient (Wildman–Crippen LogP) is 2.05. The molecule has 2 unspecified atom stereocenters. The van der Waals surface area contributed by atoms with Gasteiger partial charge in [0.05, 0.1) is 25.7 Å². The Morgan fingerprint density at radius 2 is 1.95 bits per heavy atom. The maximum Gasteiger partial charge on any atom is 0.223 e. The second kappa shape index (κ2) is 8.98. The first-order chi connectivity index (χ1) is 10.2. The summed E-state index contributed by atoms with van der Waals surface area (Å²) in [7, 11) is 3.22. The lowest BCUT2D eigenvalue weighted by molar-refractivity contribution is -0.124. The van der Waals surface area contributed by atoms with Crippen molar-refractivity contribution in [2.24, 2.45) is 11.7 Å². The number of nitrogens with two attached hydrogens (primary N) is 1. The zero-order valence-corrected chi connectivity index (χ0v) is 13.9. The fourth-order valence-corrected chi connectivity index (χ4v) is 2.42. The number of rotatable bonds is 8. The topological polar surface area (TPSA) is 73.6 Å². The molecule has 0 saturated heterocycles. The Morgan fingerprint density at radius 3 is 2.41 bits per heavy atom. The van der Waals surface area contributed by atoms with Crippen LogP contribution in [0.3, 0.4) is 0 Å². The van der Waals surface area contributed by atoms with E-state index in [1.807, 2.05) is 24.3 Å². The molecule has 2 atom stereocenters. The van der Waals surface area contributed by atoms with Gasteiger partial charge in [-0.1, -0.05) is 12.1 Å². The van der Waals surface area contributed by atoms with Gasteiger partial charge in [0.1, 0.15) is 5.75 Å². The molecule has 6 heteroatoms. The van der Waals surface area contributed by atoms with Gasteiger partial charge in [0.25, 0.3) is 0 Å². The summed E-state index contributed by atoms with van der Waals surface area (Å²) in [6.07, 6.45) is 2.39. The van der Waals surface area contributed by atoms with Crippen molar-refractivity contribution in [2.75, 3.05) is 20.8 Å². The highest BCUT2D eigenvalue weighted by molar-refractivity contribution is 5.85. The molecule has 1 amide bonds. The number of halogens is 1. The molecule has 1 saturated carbocycles. The first-order valence-electron chi connectivity index (χ1n) is 7.34. The van der Waals surface area contributed by atoms with Crippen molar-refractivity contribution in [2.45, 2.75) is 31.4 Å². The summed E-state index contributed by atoms with van der Waals surface area (Å²) in [5.41, 5.74) is 6.68. The van der Waals surface area contributed by atoms with Gasteiger partial charge in [0.15, 0.2) is 0 Å². The van der Waals surface area contributed by atoms with Crippen molar-refractivity contribution in [3.8, 4) is 5.75 Å². The fraction of sp³-hybridized carbons (Fsp3) is 0.562. The Bertz CT molecular complexity index is 459.